The number of halogens is 1. The molecule has 0 unspecified atom stereocenters. The van der Waals surface area contributed by atoms with Crippen molar-refractivity contribution in [2.24, 2.45) is 0 Å². The maximum atomic E-state index is 12.3. The molecule has 0 saturated carbocycles. The number of sulfonamides is 1. The summed E-state index contributed by atoms with van der Waals surface area (Å²) in [6.45, 7) is 0.370. The summed E-state index contributed by atoms with van der Waals surface area (Å²) in [5.74, 6) is 0. The molecule has 0 aliphatic heterocycles. The highest BCUT2D eigenvalue weighted by Crippen LogP contribution is 2.19. The van der Waals surface area contributed by atoms with Crippen LogP contribution in [0.2, 0.25) is 5.02 Å². The fourth-order valence-electron chi connectivity index (χ4n) is 1.51. The summed E-state index contributed by atoms with van der Waals surface area (Å²) < 4.78 is 25.8. The molecular formula is C12H12ClNO2S2. The van der Waals surface area contributed by atoms with Gasteiger partial charge in [0, 0.05) is 18.6 Å². The minimum absolute atomic E-state index is 0.254. The summed E-state index contributed by atoms with van der Waals surface area (Å²) in [5.41, 5.74) is 0.986. The molecule has 0 bridgehead atoms. The van der Waals surface area contributed by atoms with Crippen molar-refractivity contribution in [3.8, 4) is 0 Å². The maximum absolute atomic E-state index is 12.3. The molecule has 6 heteroatoms. The lowest BCUT2D eigenvalue weighted by Gasteiger charge is -2.16. The Labute approximate surface area is 116 Å². The van der Waals surface area contributed by atoms with Gasteiger partial charge in [-0.2, -0.15) is 15.6 Å². The molecule has 0 saturated heterocycles. The molecule has 2 rings (SSSR count). The SMILES string of the molecule is CN(Cc1ccsc1)S(=O)(=O)c1ccc(Cl)cc1. The second-order valence-corrected chi connectivity index (χ2v) is 7.11. The van der Waals surface area contributed by atoms with Crippen LogP contribution in [0, 0.1) is 0 Å². The van der Waals surface area contributed by atoms with E-state index in [9.17, 15) is 8.42 Å². The van der Waals surface area contributed by atoms with Gasteiger partial charge in [-0.3, -0.25) is 0 Å². The van der Waals surface area contributed by atoms with Crippen LogP contribution in [-0.2, 0) is 16.6 Å². The average Bonchev–Trinajstić information content (AvgIpc) is 2.82. The van der Waals surface area contributed by atoms with Crippen LogP contribution in [0.15, 0.2) is 46.0 Å². The van der Waals surface area contributed by atoms with Crippen molar-refractivity contribution in [1.82, 2.24) is 4.31 Å². The van der Waals surface area contributed by atoms with Crippen molar-refractivity contribution in [2.45, 2.75) is 11.4 Å². The summed E-state index contributed by atoms with van der Waals surface area (Å²) >= 11 is 7.30. The number of hydrogen-bond acceptors (Lipinski definition) is 3. The minimum Gasteiger partial charge on any atom is -0.207 e. The van der Waals surface area contributed by atoms with Gasteiger partial charge in [0.25, 0.3) is 0 Å². The predicted octanol–water partition coefficient (Wildman–Crippen LogP) is 3.22. The van der Waals surface area contributed by atoms with E-state index in [1.807, 2.05) is 16.8 Å². The Kier molecular flexibility index (Phi) is 4.07. The van der Waals surface area contributed by atoms with Gasteiger partial charge in [-0.15, -0.1) is 0 Å². The van der Waals surface area contributed by atoms with Gasteiger partial charge in [-0.25, -0.2) is 8.42 Å². The first kappa shape index (κ1) is 13.5. The van der Waals surface area contributed by atoms with E-state index in [1.165, 1.54) is 16.4 Å². The van der Waals surface area contributed by atoms with E-state index >= 15 is 0 Å². The van der Waals surface area contributed by atoms with Crippen molar-refractivity contribution in [3.63, 3.8) is 0 Å². The van der Waals surface area contributed by atoms with Gasteiger partial charge < -0.3 is 0 Å². The molecule has 0 fully saturated rings. The number of benzene rings is 1. The molecule has 0 N–H and O–H groups in total. The Hall–Kier alpha value is -0.880. The Morgan fingerprint density at radius 1 is 1.22 bits per heavy atom. The Morgan fingerprint density at radius 3 is 2.44 bits per heavy atom. The molecule has 0 aliphatic carbocycles. The topological polar surface area (TPSA) is 37.4 Å². The van der Waals surface area contributed by atoms with E-state index in [4.69, 9.17) is 11.6 Å². The lowest BCUT2D eigenvalue weighted by Crippen LogP contribution is -2.26. The van der Waals surface area contributed by atoms with Crippen LogP contribution in [-0.4, -0.2) is 19.8 Å². The minimum atomic E-state index is -3.45. The van der Waals surface area contributed by atoms with Gasteiger partial charge in [0.05, 0.1) is 4.90 Å². The highest BCUT2D eigenvalue weighted by atomic mass is 35.5. The maximum Gasteiger partial charge on any atom is 0.243 e. The average molecular weight is 302 g/mol. The first-order chi connectivity index (χ1) is 8.50. The second-order valence-electron chi connectivity index (χ2n) is 3.85. The van der Waals surface area contributed by atoms with Crippen molar-refractivity contribution < 1.29 is 8.42 Å². The van der Waals surface area contributed by atoms with Crippen LogP contribution in [0.1, 0.15) is 5.56 Å². The second kappa shape index (κ2) is 5.40. The summed E-state index contributed by atoms with van der Waals surface area (Å²) in [5, 5.41) is 4.39. The monoisotopic (exact) mass is 301 g/mol. The molecule has 0 spiro atoms. The molecule has 1 heterocycles. The first-order valence-electron chi connectivity index (χ1n) is 5.23. The van der Waals surface area contributed by atoms with Gasteiger partial charge in [0.2, 0.25) is 10.0 Å². The smallest absolute Gasteiger partial charge is 0.207 e. The molecule has 0 atom stereocenters. The summed E-state index contributed by atoms with van der Waals surface area (Å²) in [6, 6.07) is 8.10. The van der Waals surface area contributed by atoms with E-state index in [2.05, 4.69) is 0 Å². The van der Waals surface area contributed by atoms with Crippen molar-refractivity contribution in [2.75, 3.05) is 7.05 Å². The van der Waals surface area contributed by atoms with Crippen molar-refractivity contribution in [3.05, 3.63) is 51.7 Å². The number of hydrogen-bond donors (Lipinski definition) is 0. The van der Waals surface area contributed by atoms with Crippen LogP contribution in [0.25, 0.3) is 0 Å². The quantitative estimate of drug-likeness (QED) is 0.869. The molecule has 0 aliphatic rings. The zero-order valence-electron chi connectivity index (χ0n) is 9.71. The lowest BCUT2D eigenvalue weighted by atomic mass is 10.3. The third-order valence-electron chi connectivity index (χ3n) is 2.51. The van der Waals surface area contributed by atoms with Gasteiger partial charge in [-0.05, 0) is 46.7 Å². The van der Waals surface area contributed by atoms with E-state index in [-0.39, 0.29) is 4.90 Å². The molecule has 0 radical (unpaired) electrons. The van der Waals surface area contributed by atoms with Gasteiger partial charge in [0.1, 0.15) is 0 Å². The molecule has 1 aromatic carbocycles. The van der Waals surface area contributed by atoms with Crippen LogP contribution in [0.4, 0.5) is 0 Å². The normalized spacial score (nSPS) is 11.9. The highest BCUT2D eigenvalue weighted by molar-refractivity contribution is 7.89. The Balaban J connectivity index is 2.22. The van der Waals surface area contributed by atoms with E-state index in [0.29, 0.717) is 11.6 Å². The zero-order valence-corrected chi connectivity index (χ0v) is 12.1. The summed E-state index contributed by atoms with van der Waals surface area (Å²) in [6.07, 6.45) is 0. The Bertz CT molecular complexity index is 606. The fourth-order valence-corrected chi connectivity index (χ4v) is 3.46. The standard InChI is InChI=1S/C12H12ClNO2S2/c1-14(8-10-6-7-17-9-10)18(15,16)12-4-2-11(13)3-5-12/h2-7,9H,8H2,1H3. The molecule has 1 aromatic heterocycles. The van der Waals surface area contributed by atoms with Crippen molar-refractivity contribution in [1.29, 1.82) is 0 Å². The van der Waals surface area contributed by atoms with Crippen LogP contribution >= 0.6 is 22.9 Å². The van der Waals surface area contributed by atoms with Crippen molar-refractivity contribution >= 4 is 33.0 Å². The lowest BCUT2D eigenvalue weighted by molar-refractivity contribution is 0.467. The van der Waals surface area contributed by atoms with E-state index in [0.717, 1.165) is 5.56 Å². The van der Waals surface area contributed by atoms with Crippen LogP contribution in [0.5, 0.6) is 0 Å². The molecule has 0 amide bonds. The number of nitrogens with zero attached hydrogens (tertiary/aromatic N) is 1. The third-order valence-corrected chi connectivity index (χ3v) is 5.31. The van der Waals surface area contributed by atoms with Gasteiger partial charge in [-0.1, -0.05) is 11.6 Å². The van der Waals surface area contributed by atoms with Crippen LogP contribution in [0.3, 0.4) is 0 Å². The number of rotatable bonds is 4. The largest absolute Gasteiger partial charge is 0.243 e. The summed E-state index contributed by atoms with van der Waals surface area (Å²) in [7, 11) is -1.88. The zero-order chi connectivity index (χ0) is 13.2. The Morgan fingerprint density at radius 2 is 1.89 bits per heavy atom. The summed E-state index contributed by atoms with van der Waals surface area (Å²) in [4.78, 5) is 0.254. The van der Waals surface area contributed by atoms with Crippen LogP contribution < -0.4 is 0 Å². The predicted molar refractivity (Wildman–Crippen MR) is 74.4 cm³/mol. The highest BCUT2D eigenvalue weighted by Gasteiger charge is 2.20. The fraction of sp³-hybridized carbons (Fsp3) is 0.167. The molecule has 2 aromatic rings. The van der Waals surface area contributed by atoms with Gasteiger partial charge >= 0.3 is 0 Å². The van der Waals surface area contributed by atoms with E-state index in [1.54, 1.807) is 30.5 Å². The molecule has 3 nitrogen and oxygen atoms in total. The number of thiophene rings is 1. The first-order valence-corrected chi connectivity index (χ1v) is 7.99. The molecule has 18 heavy (non-hydrogen) atoms. The van der Waals surface area contributed by atoms with E-state index < -0.39 is 10.0 Å². The molecule has 96 valence electrons. The third kappa shape index (κ3) is 2.92. The van der Waals surface area contributed by atoms with Gasteiger partial charge in [0.15, 0.2) is 0 Å². The molecular weight excluding hydrogens is 290 g/mol.